The summed E-state index contributed by atoms with van der Waals surface area (Å²) in [5.74, 6) is 0.643. The van der Waals surface area contributed by atoms with Crippen LogP contribution in [0.4, 0.5) is 10.5 Å². The van der Waals surface area contributed by atoms with Crippen LogP contribution in [0.1, 0.15) is 33.5 Å². The van der Waals surface area contributed by atoms with E-state index < -0.39 is 0 Å². The topological polar surface area (TPSA) is 49.4 Å². The van der Waals surface area contributed by atoms with Crippen molar-refractivity contribution >= 4 is 39.9 Å². The molecule has 1 heterocycles. The largest absolute Gasteiger partial charge is 0.339 e. The standard InChI is InChI=1S/C19H22N2O2S2/c1-12-4-9-16-13(10-12)11-17(25-16)18(22)20-14-5-7-15(8-6-14)24-19(23)21(2)3/h5-8,11-12H,4,9-10H2,1-3H3,(H,20,22). The summed E-state index contributed by atoms with van der Waals surface area (Å²) >= 11 is 2.78. The molecule has 25 heavy (non-hydrogen) atoms. The number of amides is 2. The molecule has 3 rings (SSSR count). The van der Waals surface area contributed by atoms with Crippen molar-refractivity contribution in [2.75, 3.05) is 19.4 Å². The van der Waals surface area contributed by atoms with Crippen LogP contribution >= 0.6 is 23.1 Å². The predicted octanol–water partition coefficient (Wildman–Crippen LogP) is 4.90. The molecule has 6 heteroatoms. The summed E-state index contributed by atoms with van der Waals surface area (Å²) in [4.78, 5) is 28.7. The van der Waals surface area contributed by atoms with Gasteiger partial charge in [-0.1, -0.05) is 6.92 Å². The second-order valence-electron chi connectivity index (χ2n) is 6.65. The van der Waals surface area contributed by atoms with Crippen molar-refractivity contribution in [1.82, 2.24) is 4.90 Å². The molecule has 1 unspecified atom stereocenters. The van der Waals surface area contributed by atoms with Crippen LogP contribution < -0.4 is 5.32 Å². The fourth-order valence-corrected chi connectivity index (χ4v) is 4.57. The molecule has 1 atom stereocenters. The molecule has 0 saturated heterocycles. The number of thiophene rings is 1. The van der Waals surface area contributed by atoms with Gasteiger partial charge in [0.1, 0.15) is 0 Å². The number of hydrogen-bond acceptors (Lipinski definition) is 4. The highest BCUT2D eigenvalue weighted by Gasteiger charge is 2.20. The van der Waals surface area contributed by atoms with Gasteiger partial charge in [0.15, 0.2) is 0 Å². The fraction of sp³-hybridized carbons (Fsp3) is 0.368. The van der Waals surface area contributed by atoms with Gasteiger partial charge in [-0.05, 0) is 72.8 Å². The number of carbonyl (C=O) groups excluding carboxylic acids is 2. The number of benzene rings is 1. The van der Waals surface area contributed by atoms with Crippen LogP contribution in [0.25, 0.3) is 0 Å². The van der Waals surface area contributed by atoms with Crippen LogP contribution in [0.5, 0.6) is 0 Å². The van der Waals surface area contributed by atoms with Gasteiger partial charge in [-0.15, -0.1) is 11.3 Å². The van der Waals surface area contributed by atoms with E-state index in [9.17, 15) is 9.59 Å². The average molecular weight is 375 g/mol. The minimum Gasteiger partial charge on any atom is -0.339 e. The molecule has 0 fully saturated rings. The molecule has 132 valence electrons. The van der Waals surface area contributed by atoms with E-state index in [2.05, 4.69) is 12.2 Å². The van der Waals surface area contributed by atoms with Gasteiger partial charge in [0, 0.05) is 29.6 Å². The van der Waals surface area contributed by atoms with Gasteiger partial charge in [-0.2, -0.15) is 0 Å². The molecule has 0 saturated carbocycles. The van der Waals surface area contributed by atoms with Crippen molar-refractivity contribution < 1.29 is 9.59 Å². The molecular weight excluding hydrogens is 352 g/mol. The Morgan fingerprint density at radius 3 is 2.64 bits per heavy atom. The Balaban J connectivity index is 1.64. The Hall–Kier alpha value is -1.79. The normalized spacial score (nSPS) is 16.2. The Kier molecular flexibility index (Phi) is 5.49. The highest BCUT2D eigenvalue weighted by molar-refractivity contribution is 8.13. The molecule has 4 nitrogen and oxygen atoms in total. The number of thioether (sulfide) groups is 1. The third-order valence-electron chi connectivity index (χ3n) is 4.24. The minimum atomic E-state index is -0.0585. The average Bonchev–Trinajstić information content (AvgIpc) is 2.99. The van der Waals surface area contributed by atoms with Crippen LogP contribution in [0.2, 0.25) is 0 Å². The lowest BCUT2D eigenvalue weighted by Crippen LogP contribution is -2.16. The van der Waals surface area contributed by atoms with Crippen molar-refractivity contribution in [2.24, 2.45) is 5.92 Å². The summed E-state index contributed by atoms with van der Waals surface area (Å²) in [5.41, 5.74) is 2.08. The van der Waals surface area contributed by atoms with E-state index >= 15 is 0 Å². The smallest absolute Gasteiger partial charge is 0.285 e. The molecule has 1 N–H and O–H groups in total. The SMILES string of the molecule is CC1CCc2sc(C(=O)Nc3ccc(SC(=O)N(C)C)cc3)cc2C1. The fourth-order valence-electron chi connectivity index (χ4n) is 2.81. The number of fused-ring (bicyclic) bond motifs is 1. The first-order valence-electron chi connectivity index (χ1n) is 8.34. The summed E-state index contributed by atoms with van der Waals surface area (Å²) in [6, 6.07) is 9.41. The molecule has 2 aromatic rings. The third kappa shape index (κ3) is 4.44. The van der Waals surface area contributed by atoms with Gasteiger partial charge in [0.05, 0.1) is 4.88 Å². The maximum absolute atomic E-state index is 12.5. The highest BCUT2D eigenvalue weighted by Crippen LogP contribution is 2.32. The van der Waals surface area contributed by atoms with Crippen molar-refractivity contribution in [3.8, 4) is 0 Å². The Morgan fingerprint density at radius 1 is 1.24 bits per heavy atom. The molecule has 1 aliphatic rings. The number of rotatable bonds is 3. The zero-order valence-electron chi connectivity index (χ0n) is 14.7. The van der Waals surface area contributed by atoms with E-state index in [-0.39, 0.29) is 11.1 Å². The van der Waals surface area contributed by atoms with Gasteiger partial charge in [-0.3, -0.25) is 9.59 Å². The van der Waals surface area contributed by atoms with Gasteiger partial charge in [0.25, 0.3) is 11.1 Å². The number of aryl methyl sites for hydroxylation is 1. The first-order chi connectivity index (χ1) is 11.9. The number of nitrogens with one attached hydrogen (secondary N) is 1. The van der Waals surface area contributed by atoms with E-state index in [0.717, 1.165) is 28.3 Å². The molecule has 1 aliphatic carbocycles. The van der Waals surface area contributed by atoms with E-state index in [1.54, 1.807) is 30.3 Å². The molecular formula is C19H22N2O2S2. The number of carbonyl (C=O) groups is 2. The van der Waals surface area contributed by atoms with Crippen LogP contribution in [-0.4, -0.2) is 30.1 Å². The molecule has 0 aliphatic heterocycles. The number of hydrogen-bond donors (Lipinski definition) is 1. The Bertz CT molecular complexity index is 781. The lowest BCUT2D eigenvalue weighted by atomic mass is 9.90. The molecule has 0 radical (unpaired) electrons. The quantitative estimate of drug-likeness (QED) is 0.778. The van der Waals surface area contributed by atoms with Crippen LogP contribution in [0.3, 0.4) is 0 Å². The summed E-state index contributed by atoms with van der Waals surface area (Å²) in [6.07, 6.45) is 3.37. The molecule has 0 bridgehead atoms. The van der Waals surface area contributed by atoms with E-state index in [0.29, 0.717) is 5.92 Å². The van der Waals surface area contributed by atoms with E-state index in [4.69, 9.17) is 0 Å². The summed E-state index contributed by atoms with van der Waals surface area (Å²) < 4.78 is 0. The minimum absolute atomic E-state index is 0.0184. The summed E-state index contributed by atoms with van der Waals surface area (Å²) in [5, 5.41) is 2.93. The summed E-state index contributed by atoms with van der Waals surface area (Å²) in [7, 11) is 3.45. The van der Waals surface area contributed by atoms with Gasteiger partial charge in [0.2, 0.25) is 0 Å². The number of nitrogens with zero attached hydrogens (tertiary/aromatic N) is 1. The predicted molar refractivity (Wildman–Crippen MR) is 105 cm³/mol. The maximum Gasteiger partial charge on any atom is 0.285 e. The number of anilines is 1. The van der Waals surface area contributed by atoms with Crippen molar-refractivity contribution in [2.45, 2.75) is 31.1 Å². The summed E-state index contributed by atoms with van der Waals surface area (Å²) in [6.45, 7) is 2.26. The first-order valence-corrected chi connectivity index (χ1v) is 9.98. The zero-order valence-corrected chi connectivity index (χ0v) is 16.3. The van der Waals surface area contributed by atoms with E-state index in [1.807, 2.05) is 30.3 Å². The molecule has 0 spiro atoms. The van der Waals surface area contributed by atoms with Gasteiger partial charge in [-0.25, -0.2) is 0 Å². The highest BCUT2D eigenvalue weighted by atomic mass is 32.2. The lowest BCUT2D eigenvalue weighted by Gasteiger charge is -2.16. The third-order valence-corrected chi connectivity index (χ3v) is 6.52. The van der Waals surface area contributed by atoms with Crippen molar-refractivity contribution in [1.29, 1.82) is 0 Å². The second kappa shape index (κ2) is 7.62. The molecule has 1 aromatic heterocycles. The van der Waals surface area contributed by atoms with E-state index in [1.165, 1.54) is 28.6 Å². The first kappa shape index (κ1) is 18.0. The Morgan fingerprint density at radius 2 is 1.96 bits per heavy atom. The van der Waals surface area contributed by atoms with Crippen molar-refractivity contribution in [3.63, 3.8) is 0 Å². The Labute approximate surface area is 156 Å². The molecule has 1 aromatic carbocycles. The van der Waals surface area contributed by atoms with Gasteiger partial charge >= 0.3 is 0 Å². The lowest BCUT2D eigenvalue weighted by molar-refractivity contribution is 0.103. The van der Waals surface area contributed by atoms with Crippen LogP contribution in [-0.2, 0) is 12.8 Å². The second-order valence-corrected chi connectivity index (χ2v) is 8.81. The van der Waals surface area contributed by atoms with Crippen LogP contribution in [0, 0.1) is 5.92 Å². The van der Waals surface area contributed by atoms with Crippen LogP contribution in [0.15, 0.2) is 35.2 Å². The molecule has 2 amide bonds. The van der Waals surface area contributed by atoms with Crippen molar-refractivity contribution in [3.05, 3.63) is 45.6 Å². The monoisotopic (exact) mass is 374 g/mol. The zero-order chi connectivity index (χ0) is 18.0. The van der Waals surface area contributed by atoms with Gasteiger partial charge < -0.3 is 10.2 Å². The maximum atomic E-state index is 12.5.